The molecule has 0 aliphatic carbocycles. The minimum atomic E-state index is -0.196. The summed E-state index contributed by atoms with van der Waals surface area (Å²) in [4.78, 5) is 15.8. The van der Waals surface area contributed by atoms with Crippen LogP contribution in [0.5, 0.6) is 0 Å². The fourth-order valence-corrected chi connectivity index (χ4v) is 5.63. The van der Waals surface area contributed by atoms with Crippen LogP contribution in [0.2, 0.25) is 15.1 Å². The summed E-state index contributed by atoms with van der Waals surface area (Å²) in [6, 6.07) is 21.3. The molecule has 3 atom stereocenters. The Morgan fingerprint density at radius 1 is 0.941 bits per heavy atom. The van der Waals surface area contributed by atoms with E-state index in [9.17, 15) is 4.79 Å². The molecule has 0 saturated heterocycles. The van der Waals surface area contributed by atoms with E-state index in [-0.39, 0.29) is 30.3 Å². The highest BCUT2D eigenvalue weighted by molar-refractivity contribution is 6.43. The average Bonchev–Trinajstić information content (AvgIpc) is 3.31. The first-order valence-electron chi connectivity index (χ1n) is 11.3. The lowest BCUT2D eigenvalue weighted by molar-refractivity contribution is -0.112. The van der Waals surface area contributed by atoms with Crippen molar-refractivity contribution in [2.24, 2.45) is 11.0 Å². The smallest absolute Gasteiger partial charge is 0.198 e. The van der Waals surface area contributed by atoms with Gasteiger partial charge in [0.25, 0.3) is 0 Å². The number of para-hydroxylation sites is 1. The number of nitrogens with zero attached hydrogens (tertiary/aromatic N) is 3. The van der Waals surface area contributed by atoms with Gasteiger partial charge in [0.15, 0.2) is 5.78 Å². The van der Waals surface area contributed by atoms with Gasteiger partial charge in [-0.15, -0.1) is 0 Å². The van der Waals surface area contributed by atoms with E-state index < -0.39 is 0 Å². The molecule has 0 saturated carbocycles. The molecule has 3 aromatic carbocycles. The third-order valence-corrected chi connectivity index (χ3v) is 7.49. The first kappa shape index (κ1) is 23.2. The zero-order chi connectivity index (χ0) is 24.0. The quantitative estimate of drug-likeness (QED) is 0.362. The van der Waals surface area contributed by atoms with Gasteiger partial charge in [0, 0.05) is 27.7 Å². The summed E-state index contributed by atoms with van der Waals surface area (Å²) in [5.74, 6) is -0.129. The maximum Gasteiger partial charge on any atom is 0.198 e. The summed E-state index contributed by atoms with van der Waals surface area (Å²) in [5, 5.41) is 8.38. The van der Waals surface area contributed by atoms with Crippen molar-refractivity contribution in [3.8, 4) is 0 Å². The van der Waals surface area contributed by atoms with Crippen molar-refractivity contribution in [2.45, 2.75) is 32.4 Å². The molecule has 0 bridgehead atoms. The Kier molecular flexibility index (Phi) is 6.32. The van der Waals surface area contributed by atoms with Crippen LogP contribution < -0.4 is 9.91 Å². The Balaban J connectivity index is 1.50. The molecule has 7 heteroatoms. The number of rotatable bonds is 5. The Labute approximate surface area is 214 Å². The Morgan fingerprint density at radius 3 is 2.38 bits per heavy atom. The number of anilines is 2. The summed E-state index contributed by atoms with van der Waals surface area (Å²) in [6.45, 7) is 4.49. The minimum Gasteiger partial charge on any atom is -0.361 e. The predicted octanol–water partition coefficient (Wildman–Crippen LogP) is 7.22. The van der Waals surface area contributed by atoms with E-state index in [1.165, 1.54) is 5.56 Å². The molecule has 0 aromatic heterocycles. The van der Waals surface area contributed by atoms with Crippen LogP contribution in [0.15, 0.2) is 71.8 Å². The van der Waals surface area contributed by atoms with Gasteiger partial charge in [-0.3, -0.25) is 9.80 Å². The summed E-state index contributed by atoms with van der Waals surface area (Å²) in [7, 11) is 0. The van der Waals surface area contributed by atoms with Crippen molar-refractivity contribution in [1.82, 2.24) is 0 Å². The molecule has 2 aliphatic heterocycles. The second-order valence-electron chi connectivity index (χ2n) is 8.94. The van der Waals surface area contributed by atoms with Gasteiger partial charge in [-0.2, -0.15) is 5.10 Å². The van der Waals surface area contributed by atoms with Crippen LogP contribution in [0.3, 0.4) is 0 Å². The van der Waals surface area contributed by atoms with Crippen molar-refractivity contribution in [2.75, 3.05) is 16.5 Å². The zero-order valence-corrected chi connectivity index (χ0v) is 21.1. The third-order valence-electron chi connectivity index (χ3n) is 6.70. The van der Waals surface area contributed by atoms with E-state index in [0.717, 1.165) is 17.7 Å². The molecular weight excluding hydrogens is 489 g/mol. The Bertz CT molecular complexity index is 1270. The van der Waals surface area contributed by atoms with Gasteiger partial charge in [-0.05, 0) is 60.9 Å². The zero-order valence-electron chi connectivity index (χ0n) is 18.9. The normalized spacial score (nSPS) is 21.6. The molecule has 0 spiro atoms. The molecule has 0 N–H and O–H groups in total. The van der Waals surface area contributed by atoms with E-state index in [4.69, 9.17) is 39.9 Å². The van der Waals surface area contributed by atoms with Crippen LogP contribution in [-0.4, -0.2) is 24.1 Å². The molecule has 2 heterocycles. The Hall–Kier alpha value is -2.53. The molecule has 0 fully saturated rings. The Morgan fingerprint density at radius 2 is 1.65 bits per heavy atom. The second kappa shape index (κ2) is 9.26. The van der Waals surface area contributed by atoms with Gasteiger partial charge < -0.3 is 4.90 Å². The lowest BCUT2D eigenvalue weighted by Gasteiger charge is -2.28. The molecule has 174 valence electrons. The topological polar surface area (TPSA) is 35.9 Å². The van der Waals surface area contributed by atoms with Crippen molar-refractivity contribution >= 4 is 57.7 Å². The standard InChI is InChI=1S/C27H24Cl3N3O/c1-16-13-19-5-3-4-6-23(19)32(16)15-25(34)26-17(2)27(18-7-9-20(28)10-8-18)33(31-26)24-12-11-21(29)14-22(24)30/h3-12,14,16-17,27H,13,15H2,1-2H3/t16?,17-,27+/m0/s1. The second-order valence-corrected chi connectivity index (χ2v) is 10.2. The van der Waals surface area contributed by atoms with Crippen LogP contribution in [0.4, 0.5) is 11.4 Å². The maximum atomic E-state index is 13.6. The minimum absolute atomic E-state index is 0.0163. The molecule has 34 heavy (non-hydrogen) atoms. The number of benzene rings is 3. The molecule has 0 radical (unpaired) electrons. The number of hydrogen-bond acceptors (Lipinski definition) is 4. The molecule has 5 rings (SSSR count). The van der Waals surface area contributed by atoms with Crippen LogP contribution in [0.1, 0.15) is 31.0 Å². The molecule has 4 nitrogen and oxygen atoms in total. The summed E-state index contributed by atoms with van der Waals surface area (Å²) >= 11 is 18.8. The third kappa shape index (κ3) is 4.19. The van der Waals surface area contributed by atoms with E-state index in [0.29, 0.717) is 26.5 Å². The fourth-order valence-electron chi connectivity index (χ4n) is 5.01. The highest BCUT2D eigenvalue weighted by Gasteiger charge is 2.41. The monoisotopic (exact) mass is 511 g/mol. The van der Waals surface area contributed by atoms with Gasteiger partial charge in [-0.1, -0.05) is 72.1 Å². The number of Topliss-reactive ketones (excluding diaryl/α,β-unsaturated/α-hetero) is 1. The van der Waals surface area contributed by atoms with Gasteiger partial charge >= 0.3 is 0 Å². The number of halogens is 3. The van der Waals surface area contributed by atoms with E-state index in [1.54, 1.807) is 12.1 Å². The number of hydrogen-bond donors (Lipinski definition) is 0. The van der Waals surface area contributed by atoms with Crippen molar-refractivity contribution < 1.29 is 4.79 Å². The molecule has 2 aliphatic rings. The molecule has 1 unspecified atom stereocenters. The average molecular weight is 513 g/mol. The summed E-state index contributed by atoms with van der Waals surface area (Å²) in [5.41, 5.74) is 4.66. The molecular formula is C27H24Cl3N3O. The number of fused-ring (bicyclic) bond motifs is 1. The predicted molar refractivity (Wildman–Crippen MR) is 142 cm³/mol. The van der Waals surface area contributed by atoms with Crippen molar-refractivity contribution in [3.05, 3.63) is 92.9 Å². The molecule has 3 aromatic rings. The lowest BCUT2D eigenvalue weighted by atomic mass is 9.89. The number of hydrazone groups is 1. The SMILES string of the molecule is CC1Cc2ccccc2N1CC(=O)C1=NN(c2ccc(Cl)cc2Cl)[C@@H](c2ccc(Cl)cc2)[C@H]1C. The van der Waals surface area contributed by atoms with Gasteiger partial charge in [-0.25, -0.2) is 0 Å². The van der Waals surface area contributed by atoms with Crippen LogP contribution in [0, 0.1) is 5.92 Å². The molecule has 0 amide bonds. The van der Waals surface area contributed by atoms with Gasteiger partial charge in [0.05, 0.1) is 23.3 Å². The lowest BCUT2D eigenvalue weighted by Crippen LogP contribution is -2.38. The first-order chi connectivity index (χ1) is 16.3. The fraction of sp³-hybridized carbons (Fsp3) is 0.259. The van der Waals surface area contributed by atoms with Gasteiger partial charge in [0.2, 0.25) is 0 Å². The number of carbonyl (C=O) groups excluding carboxylic acids is 1. The van der Waals surface area contributed by atoms with Crippen LogP contribution in [-0.2, 0) is 11.2 Å². The number of carbonyl (C=O) groups is 1. The first-order valence-corrected chi connectivity index (χ1v) is 12.4. The largest absolute Gasteiger partial charge is 0.361 e. The van der Waals surface area contributed by atoms with Crippen LogP contribution in [0.25, 0.3) is 0 Å². The summed E-state index contributed by atoms with van der Waals surface area (Å²) < 4.78 is 0. The van der Waals surface area contributed by atoms with E-state index in [2.05, 4.69) is 24.0 Å². The number of ketones is 1. The van der Waals surface area contributed by atoms with Crippen molar-refractivity contribution in [3.63, 3.8) is 0 Å². The summed E-state index contributed by atoms with van der Waals surface area (Å²) in [6.07, 6.45) is 0.936. The van der Waals surface area contributed by atoms with E-state index in [1.807, 2.05) is 54.4 Å². The highest BCUT2D eigenvalue weighted by atomic mass is 35.5. The van der Waals surface area contributed by atoms with Crippen molar-refractivity contribution in [1.29, 1.82) is 0 Å². The van der Waals surface area contributed by atoms with Gasteiger partial charge in [0.1, 0.15) is 5.71 Å². The highest BCUT2D eigenvalue weighted by Crippen LogP contribution is 2.43. The van der Waals surface area contributed by atoms with E-state index >= 15 is 0 Å². The maximum absolute atomic E-state index is 13.6. The van der Waals surface area contributed by atoms with Crippen LogP contribution >= 0.6 is 34.8 Å².